The van der Waals surface area contributed by atoms with E-state index in [0.29, 0.717) is 13.1 Å². The average Bonchev–Trinajstić information content (AvgIpc) is 3.58. The molecule has 0 bridgehead atoms. The molecule has 5 rings (SSSR count). The first-order valence-electron chi connectivity index (χ1n) is 10.1. The maximum absolute atomic E-state index is 13.5. The molecule has 0 radical (unpaired) electrons. The van der Waals surface area contributed by atoms with E-state index in [-0.39, 0.29) is 30.5 Å². The molecule has 2 aromatic carbocycles. The van der Waals surface area contributed by atoms with Crippen LogP contribution in [-0.4, -0.2) is 46.9 Å². The van der Waals surface area contributed by atoms with Gasteiger partial charge in [-0.25, -0.2) is 0 Å². The highest BCUT2D eigenvalue weighted by atomic mass is 16.5. The highest BCUT2D eigenvalue weighted by molar-refractivity contribution is 5.87. The second-order valence-electron chi connectivity index (χ2n) is 7.90. The molecule has 2 fully saturated rings. The third kappa shape index (κ3) is 3.10. The number of fused-ring (bicyclic) bond motifs is 1. The Labute approximate surface area is 164 Å². The monoisotopic (exact) mass is 376 g/mol. The summed E-state index contributed by atoms with van der Waals surface area (Å²) in [6.07, 6.45) is 2.22. The Hall–Kier alpha value is -2.66. The first kappa shape index (κ1) is 17.4. The SMILES string of the molecule is O=C([C@@H]1OCC(=O)N(C2CC2)[C@H]1c1ccccc1)N1CCc2ccccc2C1. The number of amides is 2. The Morgan fingerprint density at radius 3 is 2.43 bits per heavy atom. The van der Waals surface area contributed by atoms with Crippen LogP contribution in [0.4, 0.5) is 0 Å². The number of carbonyl (C=O) groups is 2. The van der Waals surface area contributed by atoms with Crippen molar-refractivity contribution in [1.82, 2.24) is 9.80 Å². The summed E-state index contributed by atoms with van der Waals surface area (Å²) in [5.41, 5.74) is 3.48. The van der Waals surface area contributed by atoms with E-state index in [1.54, 1.807) is 0 Å². The van der Waals surface area contributed by atoms with E-state index in [2.05, 4.69) is 12.1 Å². The second-order valence-corrected chi connectivity index (χ2v) is 7.90. The molecular formula is C23H24N2O3. The van der Waals surface area contributed by atoms with Crippen molar-refractivity contribution in [3.05, 3.63) is 71.3 Å². The van der Waals surface area contributed by atoms with Gasteiger partial charge in [0.2, 0.25) is 5.91 Å². The zero-order valence-electron chi connectivity index (χ0n) is 15.8. The highest BCUT2D eigenvalue weighted by Gasteiger charge is 2.48. The molecule has 2 atom stereocenters. The lowest BCUT2D eigenvalue weighted by Crippen LogP contribution is -2.56. The van der Waals surface area contributed by atoms with Crippen molar-refractivity contribution >= 4 is 11.8 Å². The minimum atomic E-state index is -0.647. The van der Waals surface area contributed by atoms with Gasteiger partial charge in [0.1, 0.15) is 6.61 Å². The standard InChI is InChI=1S/C23H24N2O3/c26-20-15-28-22(21(25(20)19-10-11-19)17-7-2-1-3-8-17)23(27)24-13-12-16-6-4-5-9-18(16)14-24/h1-9,19,21-22H,10-15H2/t21-,22+/m0/s1. The normalized spacial score (nSPS) is 24.8. The molecule has 1 saturated carbocycles. The van der Waals surface area contributed by atoms with Gasteiger partial charge in [0.05, 0.1) is 6.04 Å². The Bertz CT molecular complexity index is 894. The highest BCUT2D eigenvalue weighted by Crippen LogP contribution is 2.40. The number of morpholine rings is 1. The quantitative estimate of drug-likeness (QED) is 0.828. The van der Waals surface area contributed by atoms with E-state index in [9.17, 15) is 9.59 Å². The smallest absolute Gasteiger partial charge is 0.254 e. The van der Waals surface area contributed by atoms with Crippen LogP contribution < -0.4 is 0 Å². The summed E-state index contributed by atoms with van der Waals surface area (Å²) in [6, 6.07) is 18.0. The van der Waals surface area contributed by atoms with Crippen LogP contribution in [0.15, 0.2) is 54.6 Å². The lowest BCUT2D eigenvalue weighted by Gasteiger charge is -2.43. The molecule has 0 unspecified atom stereocenters. The molecule has 28 heavy (non-hydrogen) atoms. The molecule has 0 aromatic heterocycles. The van der Waals surface area contributed by atoms with Gasteiger partial charge >= 0.3 is 0 Å². The summed E-state index contributed by atoms with van der Waals surface area (Å²) in [6.45, 7) is 1.28. The van der Waals surface area contributed by atoms with Crippen LogP contribution in [0, 0.1) is 0 Å². The van der Waals surface area contributed by atoms with Gasteiger partial charge in [-0.1, -0.05) is 54.6 Å². The number of hydrogen-bond acceptors (Lipinski definition) is 3. The summed E-state index contributed by atoms with van der Waals surface area (Å²) in [5.74, 6) is -0.0223. The summed E-state index contributed by atoms with van der Waals surface area (Å²) < 4.78 is 5.89. The van der Waals surface area contributed by atoms with Gasteiger partial charge in [0, 0.05) is 19.1 Å². The van der Waals surface area contributed by atoms with Crippen LogP contribution >= 0.6 is 0 Å². The van der Waals surface area contributed by atoms with E-state index in [4.69, 9.17) is 4.74 Å². The zero-order valence-corrected chi connectivity index (χ0v) is 15.8. The largest absolute Gasteiger partial charge is 0.356 e. The van der Waals surface area contributed by atoms with Gasteiger partial charge in [-0.2, -0.15) is 0 Å². The number of benzene rings is 2. The topological polar surface area (TPSA) is 49.9 Å². The lowest BCUT2D eigenvalue weighted by molar-refractivity contribution is -0.170. The minimum Gasteiger partial charge on any atom is -0.356 e. The molecule has 3 aliphatic rings. The number of rotatable bonds is 3. The third-order valence-corrected chi connectivity index (χ3v) is 6.03. The molecule has 2 aromatic rings. The van der Waals surface area contributed by atoms with Gasteiger partial charge < -0.3 is 14.5 Å². The molecular weight excluding hydrogens is 352 g/mol. The molecule has 2 heterocycles. The van der Waals surface area contributed by atoms with E-state index in [1.807, 2.05) is 52.3 Å². The van der Waals surface area contributed by atoms with Gasteiger partial charge in [-0.3, -0.25) is 9.59 Å². The fourth-order valence-electron chi connectivity index (χ4n) is 4.47. The van der Waals surface area contributed by atoms with Crippen LogP contribution in [0.2, 0.25) is 0 Å². The molecule has 1 aliphatic carbocycles. The van der Waals surface area contributed by atoms with E-state index < -0.39 is 6.10 Å². The van der Waals surface area contributed by atoms with Crippen LogP contribution in [0.25, 0.3) is 0 Å². The summed E-state index contributed by atoms with van der Waals surface area (Å²) >= 11 is 0. The second kappa shape index (κ2) is 7.06. The summed E-state index contributed by atoms with van der Waals surface area (Å²) in [4.78, 5) is 30.0. The zero-order chi connectivity index (χ0) is 19.1. The number of nitrogens with zero attached hydrogens (tertiary/aromatic N) is 2. The Balaban J connectivity index is 1.45. The van der Waals surface area contributed by atoms with E-state index in [0.717, 1.165) is 24.8 Å². The molecule has 1 saturated heterocycles. The van der Waals surface area contributed by atoms with Crippen molar-refractivity contribution < 1.29 is 14.3 Å². The van der Waals surface area contributed by atoms with Crippen molar-refractivity contribution in [1.29, 1.82) is 0 Å². The van der Waals surface area contributed by atoms with E-state index >= 15 is 0 Å². The maximum atomic E-state index is 13.5. The van der Waals surface area contributed by atoms with Crippen molar-refractivity contribution in [3.8, 4) is 0 Å². The summed E-state index contributed by atoms with van der Waals surface area (Å²) in [7, 11) is 0. The maximum Gasteiger partial charge on any atom is 0.254 e. The Morgan fingerprint density at radius 2 is 1.68 bits per heavy atom. The number of carbonyl (C=O) groups excluding carboxylic acids is 2. The molecule has 0 spiro atoms. The van der Waals surface area contributed by atoms with Crippen molar-refractivity contribution in [2.75, 3.05) is 13.2 Å². The van der Waals surface area contributed by atoms with Crippen molar-refractivity contribution in [2.45, 2.75) is 44.0 Å². The third-order valence-electron chi connectivity index (χ3n) is 6.03. The van der Waals surface area contributed by atoms with Crippen LogP contribution in [-0.2, 0) is 27.3 Å². The number of hydrogen-bond donors (Lipinski definition) is 0. The lowest BCUT2D eigenvalue weighted by atomic mass is 9.94. The van der Waals surface area contributed by atoms with Gasteiger partial charge in [-0.05, 0) is 36.0 Å². The average molecular weight is 376 g/mol. The molecule has 5 nitrogen and oxygen atoms in total. The Morgan fingerprint density at radius 1 is 0.964 bits per heavy atom. The fourth-order valence-corrected chi connectivity index (χ4v) is 4.47. The van der Waals surface area contributed by atoms with Gasteiger partial charge in [0.15, 0.2) is 6.10 Å². The summed E-state index contributed by atoms with van der Waals surface area (Å²) in [5, 5.41) is 0. The Kier molecular flexibility index (Phi) is 4.40. The molecule has 5 heteroatoms. The van der Waals surface area contributed by atoms with Crippen molar-refractivity contribution in [3.63, 3.8) is 0 Å². The van der Waals surface area contributed by atoms with Crippen molar-refractivity contribution in [2.24, 2.45) is 0 Å². The van der Waals surface area contributed by atoms with Crippen LogP contribution in [0.5, 0.6) is 0 Å². The van der Waals surface area contributed by atoms with Crippen LogP contribution in [0.1, 0.15) is 35.6 Å². The van der Waals surface area contributed by atoms with E-state index in [1.165, 1.54) is 11.1 Å². The molecule has 0 N–H and O–H groups in total. The van der Waals surface area contributed by atoms with Gasteiger partial charge in [0.25, 0.3) is 5.91 Å². The number of ether oxygens (including phenoxy) is 1. The minimum absolute atomic E-state index is 0.00982. The van der Waals surface area contributed by atoms with Gasteiger partial charge in [-0.15, -0.1) is 0 Å². The predicted molar refractivity (Wildman–Crippen MR) is 104 cm³/mol. The molecule has 2 aliphatic heterocycles. The first-order chi connectivity index (χ1) is 13.7. The molecule has 2 amide bonds. The van der Waals surface area contributed by atoms with Crippen LogP contribution in [0.3, 0.4) is 0 Å². The fraction of sp³-hybridized carbons (Fsp3) is 0.391. The first-order valence-corrected chi connectivity index (χ1v) is 10.1. The molecule has 144 valence electrons. The predicted octanol–water partition coefficient (Wildman–Crippen LogP) is 2.70.